The van der Waals surface area contributed by atoms with E-state index in [1.54, 1.807) is 0 Å². The van der Waals surface area contributed by atoms with Crippen LogP contribution in [-0.4, -0.2) is 9.97 Å². The van der Waals surface area contributed by atoms with E-state index in [1.807, 2.05) is 0 Å². The predicted molar refractivity (Wildman–Crippen MR) is 247 cm³/mol. The van der Waals surface area contributed by atoms with E-state index in [0.29, 0.717) is 5.82 Å². The van der Waals surface area contributed by atoms with Gasteiger partial charge in [-0.2, -0.15) is 0 Å². The van der Waals surface area contributed by atoms with Gasteiger partial charge in [0.05, 0.1) is 11.4 Å². The van der Waals surface area contributed by atoms with Crippen LogP contribution in [0.3, 0.4) is 0 Å². The van der Waals surface area contributed by atoms with E-state index in [0.717, 1.165) is 39.0 Å². The van der Waals surface area contributed by atoms with E-state index in [4.69, 9.17) is 9.97 Å². The Hall–Kier alpha value is -7.42. The number of fused-ring (bicyclic) bond motifs is 6. The van der Waals surface area contributed by atoms with Gasteiger partial charge < -0.3 is 0 Å². The fraction of sp³-hybridized carbons (Fsp3) is 0.0526. The van der Waals surface area contributed by atoms with Crippen molar-refractivity contribution in [3.63, 3.8) is 0 Å². The van der Waals surface area contributed by atoms with E-state index in [1.165, 1.54) is 66.2 Å². The third-order valence-corrected chi connectivity index (χ3v) is 12.3. The molecule has 10 aromatic rings. The van der Waals surface area contributed by atoms with Crippen molar-refractivity contribution in [2.24, 2.45) is 0 Å². The Morgan fingerprint density at radius 2 is 0.864 bits per heavy atom. The molecule has 59 heavy (non-hydrogen) atoms. The molecular formula is C57H40N2. The molecule has 0 spiro atoms. The second-order valence-electron chi connectivity index (χ2n) is 16.1. The van der Waals surface area contributed by atoms with Crippen LogP contribution in [0, 0.1) is 0 Å². The minimum atomic E-state index is -0.140. The normalized spacial score (nSPS) is 12.7. The van der Waals surface area contributed by atoms with Crippen LogP contribution in [0.4, 0.5) is 0 Å². The molecule has 0 saturated heterocycles. The SMILES string of the molecule is CC1(C)c2cccc(-c3ccc(-c4nc(-c5ccc(-c6ccccc6)cc5)cc(-c5cccc(-c6ccccc6)c5)n4)c4ccccc34)c2-c2ccc3ccccc3c21. The molecule has 1 aliphatic carbocycles. The summed E-state index contributed by atoms with van der Waals surface area (Å²) >= 11 is 0. The Balaban J connectivity index is 1.09. The van der Waals surface area contributed by atoms with Gasteiger partial charge in [0, 0.05) is 22.1 Å². The van der Waals surface area contributed by atoms with Gasteiger partial charge in [-0.25, -0.2) is 9.97 Å². The maximum Gasteiger partial charge on any atom is 0.161 e. The van der Waals surface area contributed by atoms with Crippen LogP contribution in [0.5, 0.6) is 0 Å². The number of nitrogens with zero attached hydrogens (tertiary/aromatic N) is 2. The van der Waals surface area contributed by atoms with Gasteiger partial charge in [-0.3, -0.25) is 0 Å². The van der Waals surface area contributed by atoms with Crippen LogP contribution < -0.4 is 0 Å². The maximum atomic E-state index is 5.38. The highest BCUT2D eigenvalue weighted by Gasteiger charge is 2.38. The zero-order valence-corrected chi connectivity index (χ0v) is 33.0. The number of benzene rings is 9. The number of hydrogen-bond acceptors (Lipinski definition) is 2. The van der Waals surface area contributed by atoms with Gasteiger partial charge in [-0.15, -0.1) is 0 Å². The van der Waals surface area contributed by atoms with Crippen molar-refractivity contribution in [3.8, 4) is 78.4 Å². The lowest BCUT2D eigenvalue weighted by atomic mass is 9.80. The van der Waals surface area contributed by atoms with Gasteiger partial charge in [0.25, 0.3) is 0 Å². The average molecular weight is 753 g/mol. The average Bonchev–Trinajstić information content (AvgIpc) is 3.55. The van der Waals surface area contributed by atoms with Crippen molar-refractivity contribution in [3.05, 3.63) is 217 Å². The zero-order chi connectivity index (χ0) is 39.5. The molecule has 1 aromatic heterocycles. The summed E-state index contributed by atoms with van der Waals surface area (Å²) in [7, 11) is 0. The molecule has 1 heterocycles. The van der Waals surface area contributed by atoms with Gasteiger partial charge in [-0.1, -0.05) is 202 Å². The van der Waals surface area contributed by atoms with Gasteiger partial charge in [0.2, 0.25) is 0 Å². The lowest BCUT2D eigenvalue weighted by molar-refractivity contribution is 0.666. The smallest absolute Gasteiger partial charge is 0.161 e. The molecule has 9 aromatic carbocycles. The summed E-state index contributed by atoms with van der Waals surface area (Å²) in [4.78, 5) is 10.7. The van der Waals surface area contributed by atoms with Crippen molar-refractivity contribution in [2.75, 3.05) is 0 Å². The van der Waals surface area contributed by atoms with Crippen molar-refractivity contribution >= 4 is 21.5 Å². The zero-order valence-electron chi connectivity index (χ0n) is 33.0. The van der Waals surface area contributed by atoms with Crippen molar-refractivity contribution in [1.29, 1.82) is 0 Å². The first kappa shape index (κ1) is 34.8. The van der Waals surface area contributed by atoms with Gasteiger partial charge >= 0.3 is 0 Å². The highest BCUT2D eigenvalue weighted by atomic mass is 14.9. The number of rotatable bonds is 6. The van der Waals surface area contributed by atoms with Crippen molar-refractivity contribution in [1.82, 2.24) is 9.97 Å². The third kappa shape index (κ3) is 5.87. The summed E-state index contributed by atoms with van der Waals surface area (Å²) in [6, 6.07) is 74.2. The molecule has 0 N–H and O–H groups in total. The Morgan fingerprint density at radius 1 is 0.339 bits per heavy atom. The van der Waals surface area contributed by atoms with Crippen molar-refractivity contribution in [2.45, 2.75) is 19.3 Å². The van der Waals surface area contributed by atoms with Crippen LogP contribution in [0.2, 0.25) is 0 Å². The summed E-state index contributed by atoms with van der Waals surface area (Å²) in [6.45, 7) is 4.75. The van der Waals surface area contributed by atoms with E-state index in [2.05, 4.69) is 220 Å². The molecule has 1 aliphatic rings. The minimum Gasteiger partial charge on any atom is -0.228 e. The first-order chi connectivity index (χ1) is 29.0. The molecule has 2 nitrogen and oxygen atoms in total. The Bertz CT molecular complexity index is 3220. The van der Waals surface area contributed by atoms with Crippen LogP contribution >= 0.6 is 0 Å². The lowest BCUT2D eigenvalue weighted by Gasteiger charge is -2.23. The summed E-state index contributed by atoms with van der Waals surface area (Å²) in [5, 5.41) is 4.91. The van der Waals surface area contributed by atoms with Crippen molar-refractivity contribution < 1.29 is 0 Å². The topological polar surface area (TPSA) is 25.8 Å². The van der Waals surface area contributed by atoms with E-state index >= 15 is 0 Å². The molecule has 0 fully saturated rings. The van der Waals surface area contributed by atoms with E-state index in [9.17, 15) is 0 Å². The Kier molecular flexibility index (Phi) is 8.20. The molecule has 278 valence electrons. The second kappa shape index (κ2) is 13.9. The summed E-state index contributed by atoms with van der Waals surface area (Å²) in [5.74, 6) is 0.703. The van der Waals surface area contributed by atoms with Crippen LogP contribution in [0.25, 0.3) is 100.0 Å². The molecule has 0 unspecified atom stereocenters. The van der Waals surface area contributed by atoms with Crippen LogP contribution in [-0.2, 0) is 5.41 Å². The molecule has 11 rings (SSSR count). The maximum absolute atomic E-state index is 5.38. The second-order valence-corrected chi connectivity index (χ2v) is 16.1. The summed E-state index contributed by atoms with van der Waals surface area (Å²) in [6.07, 6.45) is 0. The first-order valence-corrected chi connectivity index (χ1v) is 20.4. The number of hydrogen-bond donors (Lipinski definition) is 0. The standard InChI is InChI=1S/C57H40N2/c1-57(2)51-26-14-25-48(54(51)50-32-31-40-19-9-10-22-44(40)55(50)57)47-33-34-49(46-24-12-11-23-45(46)47)56-58-52(41-29-27-39(28-30-41)37-15-5-3-6-16-37)36-53(59-56)43-21-13-20-42(35-43)38-17-7-4-8-18-38/h3-36H,1-2H3. The number of aromatic nitrogens is 2. The largest absolute Gasteiger partial charge is 0.228 e. The van der Waals surface area contributed by atoms with Crippen LogP contribution in [0.1, 0.15) is 25.0 Å². The van der Waals surface area contributed by atoms with Gasteiger partial charge in [-0.05, 0) is 95.4 Å². The highest BCUT2D eigenvalue weighted by molar-refractivity contribution is 6.09. The van der Waals surface area contributed by atoms with Gasteiger partial charge in [0.1, 0.15) is 0 Å². The fourth-order valence-corrected chi connectivity index (χ4v) is 9.42. The van der Waals surface area contributed by atoms with Gasteiger partial charge in [0.15, 0.2) is 5.82 Å². The highest BCUT2D eigenvalue weighted by Crippen LogP contribution is 2.55. The van der Waals surface area contributed by atoms with E-state index in [-0.39, 0.29) is 5.41 Å². The molecule has 0 radical (unpaired) electrons. The predicted octanol–water partition coefficient (Wildman–Crippen LogP) is 15.1. The third-order valence-electron chi connectivity index (χ3n) is 12.3. The molecular weight excluding hydrogens is 713 g/mol. The molecule has 0 atom stereocenters. The Morgan fingerprint density at radius 3 is 1.61 bits per heavy atom. The Labute approximate surface area is 345 Å². The molecule has 0 bridgehead atoms. The molecule has 0 amide bonds. The quantitative estimate of drug-likeness (QED) is 0.169. The van der Waals surface area contributed by atoms with E-state index < -0.39 is 0 Å². The first-order valence-electron chi connectivity index (χ1n) is 20.4. The minimum absolute atomic E-state index is 0.140. The van der Waals surface area contributed by atoms with Crippen LogP contribution in [0.15, 0.2) is 206 Å². The summed E-state index contributed by atoms with van der Waals surface area (Å²) in [5.41, 5.74) is 17.3. The molecule has 2 heteroatoms. The molecule has 0 saturated carbocycles. The lowest BCUT2D eigenvalue weighted by Crippen LogP contribution is -2.15. The monoisotopic (exact) mass is 752 g/mol. The molecule has 0 aliphatic heterocycles. The fourth-order valence-electron chi connectivity index (χ4n) is 9.42. The summed E-state index contributed by atoms with van der Waals surface area (Å²) < 4.78 is 0.